The number of nitrogens with one attached hydrogen (secondary N) is 2. The number of guanidine groups is 1. The fourth-order valence-electron chi connectivity index (χ4n) is 2.12. The molecular weight excluding hydrogens is 308 g/mol. The quantitative estimate of drug-likeness (QED) is 0.401. The maximum Gasteiger partial charge on any atom is 0.407 e. The average molecular weight is 345 g/mol. The minimum Gasteiger partial charge on any atom is -0.444 e. The van der Waals surface area contributed by atoms with Crippen LogP contribution in [0.2, 0.25) is 0 Å². The van der Waals surface area contributed by atoms with Crippen LogP contribution < -0.4 is 10.6 Å². The van der Waals surface area contributed by atoms with Crippen LogP contribution in [-0.2, 0) is 9.47 Å². The molecule has 0 aliphatic heterocycles. The van der Waals surface area contributed by atoms with Gasteiger partial charge in [0, 0.05) is 40.3 Å². The van der Waals surface area contributed by atoms with E-state index in [1.165, 1.54) is 0 Å². The van der Waals surface area contributed by atoms with Crippen LogP contribution in [0.1, 0.15) is 41.0 Å². The van der Waals surface area contributed by atoms with Crippen molar-refractivity contribution in [3.05, 3.63) is 0 Å². The highest BCUT2D eigenvalue weighted by Gasteiger charge is 2.22. The molecule has 1 atom stereocenters. The maximum atomic E-state index is 12.0. The lowest BCUT2D eigenvalue weighted by atomic mass is 10.0. The highest BCUT2D eigenvalue weighted by molar-refractivity contribution is 5.79. The summed E-state index contributed by atoms with van der Waals surface area (Å²) in [6.07, 6.45) is 0.435. The van der Waals surface area contributed by atoms with Crippen LogP contribution in [0.15, 0.2) is 4.99 Å². The smallest absolute Gasteiger partial charge is 0.407 e. The number of carbonyl (C=O) groups is 1. The third kappa shape index (κ3) is 10.3. The van der Waals surface area contributed by atoms with Gasteiger partial charge >= 0.3 is 6.09 Å². The van der Waals surface area contributed by atoms with Crippen molar-refractivity contribution in [3.8, 4) is 0 Å². The lowest BCUT2D eigenvalue weighted by molar-refractivity contribution is 0.0486. The molecule has 1 amide bonds. The van der Waals surface area contributed by atoms with E-state index in [4.69, 9.17) is 9.47 Å². The topological polar surface area (TPSA) is 75.2 Å². The zero-order valence-corrected chi connectivity index (χ0v) is 16.6. The molecule has 0 fully saturated rings. The summed E-state index contributed by atoms with van der Waals surface area (Å²) in [5.41, 5.74) is -0.490. The Bertz CT molecular complexity index is 392. The first-order chi connectivity index (χ1) is 11.1. The lowest BCUT2D eigenvalue weighted by Crippen LogP contribution is -2.45. The molecule has 0 aliphatic rings. The van der Waals surface area contributed by atoms with Crippen LogP contribution in [0.5, 0.6) is 0 Å². The largest absolute Gasteiger partial charge is 0.444 e. The Morgan fingerprint density at radius 2 is 1.92 bits per heavy atom. The second-order valence-electron chi connectivity index (χ2n) is 7.17. The zero-order valence-electron chi connectivity index (χ0n) is 16.6. The van der Waals surface area contributed by atoms with Gasteiger partial charge in [-0.15, -0.1) is 0 Å². The Labute approximate surface area is 147 Å². The molecule has 0 saturated carbocycles. The first-order valence-electron chi connectivity index (χ1n) is 8.51. The van der Waals surface area contributed by atoms with Gasteiger partial charge in [-0.1, -0.05) is 13.8 Å². The van der Waals surface area contributed by atoms with Gasteiger partial charge in [-0.05, 0) is 33.1 Å². The number of aliphatic imine (C=N–C) groups is 1. The van der Waals surface area contributed by atoms with Gasteiger partial charge in [0.2, 0.25) is 0 Å². The molecule has 0 rings (SSSR count). The molecule has 7 nitrogen and oxygen atoms in total. The molecule has 0 aromatic heterocycles. The molecule has 0 spiro atoms. The van der Waals surface area contributed by atoms with Crippen LogP contribution in [0, 0.1) is 5.92 Å². The van der Waals surface area contributed by atoms with Gasteiger partial charge in [0.15, 0.2) is 5.96 Å². The Balaban J connectivity index is 4.49. The van der Waals surface area contributed by atoms with E-state index in [9.17, 15) is 4.79 Å². The van der Waals surface area contributed by atoms with E-state index < -0.39 is 5.60 Å². The Kier molecular flexibility index (Phi) is 10.4. The van der Waals surface area contributed by atoms with Gasteiger partial charge in [-0.3, -0.25) is 4.99 Å². The predicted octanol–water partition coefficient (Wildman–Crippen LogP) is 2.08. The average Bonchev–Trinajstić information content (AvgIpc) is 2.45. The summed E-state index contributed by atoms with van der Waals surface area (Å²) >= 11 is 0. The van der Waals surface area contributed by atoms with E-state index in [1.54, 1.807) is 14.2 Å². The molecule has 2 N–H and O–H groups in total. The summed E-state index contributed by atoms with van der Waals surface area (Å²) < 4.78 is 10.4. The summed E-state index contributed by atoms with van der Waals surface area (Å²) in [6, 6.07) is 0.0411. The molecule has 0 saturated heterocycles. The SMILES string of the molecule is CN=C(NCCOC)N(C)CCC(NC(=O)OC(C)(C)C)C(C)C. The van der Waals surface area contributed by atoms with Crippen molar-refractivity contribution in [2.75, 3.05) is 40.9 Å². The van der Waals surface area contributed by atoms with E-state index in [0.717, 1.165) is 18.9 Å². The number of hydrogen-bond donors (Lipinski definition) is 2. The lowest BCUT2D eigenvalue weighted by Gasteiger charge is -2.28. The van der Waals surface area contributed by atoms with Gasteiger partial charge in [0.25, 0.3) is 0 Å². The van der Waals surface area contributed by atoms with Crippen molar-refractivity contribution in [1.82, 2.24) is 15.5 Å². The predicted molar refractivity (Wildman–Crippen MR) is 98.5 cm³/mol. The minimum atomic E-state index is -0.490. The summed E-state index contributed by atoms with van der Waals surface area (Å²) in [5, 5.41) is 6.20. The highest BCUT2D eigenvalue weighted by atomic mass is 16.6. The molecule has 0 aliphatic carbocycles. The Morgan fingerprint density at radius 3 is 2.38 bits per heavy atom. The van der Waals surface area contributed by atoms with Gasteiger partial charge in [-0.25, -0.2) is 4.79 Å². The molecule has 142 valence electrons. The van der Waals surface area contributed by atoms with Gasteiger partial charge in [-0.2, -0.15) is 0 Å². The fraction of sp³-hybridized carbons (Fsp3) is 0.882. The van der Waals surface area contributed by atoms with Crippen molar-refractivity contribution in [2.24, 2.45) is 10.9 Å². The molecule has 0 radical (unpaired) electrons. The monoisotopic (exact) mass is 344 g/mol. The molecule has 1 unspecified atom stereocenters. The molecule has 0 aromatic rings. The van der Waals surface area contributed by atoms with Crippen molar-refractivity contribution in [2.45, 2.75) is 52.7 Å². The van der Waals surface area contributed by atoms with Crippen LogP contribution in [0.3, 0.4) is 0 Å². The number of amides is 1. The normalized spacial score (nSPS) is 13.6. The first-order valence-corrected chi connectivity index (χ1v) is 8.51. The van der Waals surface area contributed by atoms with Crippen LogP contribution >= 0.6 is 0 Å². The Morgan fingerprint density at radius 1 is 1.29 bits per heavy atom. The number of ether oxygens (including phenoxy) is 2. The summed E-state index contributed by atoms with van der Waals surface area (Å²) in [5.74, 6) is 1.13. The van der Waals surface area contributed by atoms with Crippen molar-refractivity contribution in [3.63, 3.8) is 0 Å². The minimum absolute atomic E-state index is 0.0411. The number of carbonyl (C=O) groups excluding carboxylic acids is 1. The number of nitrogens with zero attached hydrogens (tertiary/aromatic N) is 2. The van der Waals surface area contributed by atoms with Gasteiger partial charge < -0.3 is 25.0 Å². The second-order valence-corrected chi connectivity index (χ2v) is 7.17. The summed E-state index contributed by atoms with van der Waals surface area (Å²) in [7, 11) is 5.40. The van der Waals surface area contributed by atoms with Crippen LogP contribution in [-0.4, -0.2) is 69.5 Å². The van der Waals surface area contributed by atoms with E-state index in [1.807, 2.05) is 32.7 Å². The molecule has 24 heavy (non-hydrogen) atoms. The van der Waals surface area contributed by atoms with Crippen molar-refractivity contribution in [1.29, 1.82) is 0 Å². The third-order valence-corrected chi connectivity index (χ3v) is 3.45. The van der Waals surface area contributed by atoms with Crippen LogP contribution in [0.4, 0.5) is 4.79 Å². The number of rotatable bonds is 8. The van der Waals surface area contributed by atoms with Crippen molar-refractivity contribution < 1.29 is 14.3 Å². The molecular formula is C17H36N4O3. The Hall–Kier alpha value is -1.50. The van der Waals surface area contributed by atoms with E-state index in [0.29, 0.717) is 19.1 Å². The fourth-order valence-corrected chi connectivity index (χ4v) is 2.12. The van der Waals surface area contributed by atoms with Crippen molar-refractivity contribution >= 4 is 12.1 Å². The summed E-state index contributed by atoms with van der Waals surface area (Å²) in [6.45, 7) is 11.9. The number of hydrogen-bond acceptors (Lipinski definition) is 4. The second kappa shape index (κ2) is 11.1. The first kappa shape index (κ1) is 22.5. The molecule has 0 aromatic carbocycles. The highest BCUT2D eigenvalue weighted by Crippen LogP contribution is 2.11. The summed E-state index contributed by atoms with van der Waals surface area (Å²) in [4.78, 5) is 18.3. The molecule has 0 bridgehead atoms. The maximum absolute atomic E-state index is 12.0. The number of methoxy groups -OCH3 is 1. The van der Waals surface area contributed by atoms with Crippen LogP contribution in [0.25, 0.3) is 0 Å². The molecule has 7 heteroatoms. The molecule has 0 heterocycles. The third-order valence-electron chi connectivity index (χ3n) is 3.45. The van der Waals surface area contributed by atoms with E-state index in [-0.39, 0.29) is 12.1 Å². The van der Waals surface area contributed by atoms with E-state index in [2.05, 4.69) is 29.5 Å². The van der Waals surface area contributed by atoms with Gasteiger partial charge in [0.1, 0.15) is 5.60 Å². The van der Waals surface area contributed by atoms with E-state index >= 15 is 0 Å². The van der Waals surface area contributed by atoms with Gasteiger partial charge in [0.05, 0.1) is 6.61 Å². The standard InChI is InChI=1S/C17H36N4O3/c1-13(2)14(20-16(22)24-17(3,4)5)9-11-21(7)15(18-6)19-10-12-23-8/h13-14H,9-12H2,1-8H3,(H,18,19)(H,20,22). The zero-order chi connectivity index (χ0) is 18.8. The number of alkyl carbamates (subject to hydrolysis) is 1.